The molecular formula is C45H69O9P. The largest absolute Gasteiger partial charge is 0.493 e. The van der Waals surface area contributed by atoms with Gasteiger partial charge in [0.05, 0.1) is 75.4 Å². The second-order valence-electron chi connectivity index (χ2n) is 13.3. The Morgan fingerprint density at radius 3 is 0.600 bits per heavy atom. The monoisotopic (exact) mass is 784 g/mol. The Morgan fingerprint density at radius 1 is 0.273 bits per heavy atom. The van der Waals surface area contributed by atoms with Gasteiger partial charge in [0, 0.05) is 44.3 Å². The maximum atomic E-state index is 6.73. The molecule has 55 heavy (non-hydrogen) atoms. The maximum Gasteiger partial charge on any atom is 0.135 e. The molecule has 0 unspecified atom stereocenters. The lowest BCUT2D eigenvalue weighted by Crippen LogP contribution is -2.29. The Hall–Kier alpha value is -3.71. The predicted octanol–water partition coefficient (Wildman–Crippen LogP) is 10.5. The van der Waals surface area contributed by atoms with Crippen LogP contribution in [-0.2, 0) is 0 Å². The SMILES string of the molecule is CCCOc1cc(OCCC)c(P(c2c(OCCC)cc(OCCC)cc2OCCC)c2c(OCCC)cc(OCCC)cc2OCCC)c(OCCC)c1. The van der Waals surface area contributed by atoms with E-state index in [2.05, 4.69) is 62.3 Å². The molecule has 3 aromatic rings. The summed E-state index contributed by atoms with van der Waals surface area (Å²) in [6, 6.07) is 12.0. The molecule has 0 aromatic heterocycles. The minimum atomic E-state index is -1.66. The summed E-state index contributed by atoms with van der Waals surface area (Å²) in [5.41, 5.74) is 0. The third kappa shape index (κ3) is 13.8. The molecule has 0 spiro atoms. The molecule has 308 valence electrons. The molecular weight excluding hydrogens is 715 g/mol. The zero-order valence-corrected chi connectivity index (χ0v) is 36.2. The molecule has 0 atom stereocenters. The highest BCUT2D eigenvalue weighted by Crippen LogP contribution is 2.52. The number of ether oxygens (including phenoxy) is 9. The number of rotatable bonds is 30. The van der Waals surface area contributed by atoms with Gasteiger partial charge in [0.2, 0.25) is 0 Å². The summed E-state index contributed by atoms with van der Waals surface area (Å²) in [6.07, 6.45) is 7.54. The number of benzene rings is 3. The van der Waals surface area contributed by atoms with Crippen LogP contribution in [-0.4, -0.2) is 59.5 Å². The van der Waals surface area contributed by atoms with Crippen LogP contribution in [0.15, 0.2) is 36.4 Å². The molecule has 0 saturated carbocycles. The van der Waals surface area contributed by atoms with Crippen LogP contribution in [0.3, 0.4) is 0 Å². The third-order valence-electron chi connectivity index (χ3n) is 7.90. The first kappa shape index (κ1) is 45.7. The molecule has 0 bridgehead atoms. The molecule has 0 N–H and O–H groups in total. The fourth-order valence-corrected chi connectivity index (χ4v) is 8.28. The summed E-state index contributed by atoms with van der Waals surface area (Å²) in [6.45, 7) is 23.7. The lowest BCUT2D eigenvalue weighted by molar-refractivity contribution is 0.289. The van der Waals surface area contributed by atoms with Gasteiger partial charge in [-0.1, -0.05) is 62.3 Å². The first-order valence-electron chi connectivity index (χ1n) is 20.9. The van der Waals surface area contributed by atoms with E-state index in [1.54, 1.807) is 0 Å². The van der Waals surface area contributed by atoms with Gasteiger partial charge in [0.1, 0.15) is 51.7 Å². The van der Waals surface area contributed by atoms with E-state index in [9.17, 15) is 0 Å². The summed E-state index contributed by atoms with van der Waals surface area (Å²) in [5, 5.41) is 2.61. The van der Waals surface area contributed by atoms with Gasteiger partial charge in [-0.15, -0.1) is 0 Å². The molecule has 0 saturated heterocycles. The molecule has 0 aliphatic rings. The van der Waals surface area contributed by atoms with Crippen molar-refractivity contribution in [3.05, 3.63) is 36.4 Å². The quantitative estimate of drug-likeness (QED) is 0.0614. The van der Waals surface area contributed by atoms with E-state index in [4.69, 9.17) is 42.6 Å². The van der Waals surface area contributed by atoms with Gasteiger partial charge in [-0.3, -0.25) is 0 Å². The van der Waals surface area contributed by atoms with Crippen molar-refractivity contribution < 1.29 is 42.6 Å². The number of hydrogen-bond donors (Lipinski definition) is 0. The van der Waals surface area contributed by atoms with Crippen LogP contribution >= 0.6 is 7.92 Å². The zero-order chi connectivity index (χ0) is 39.8. The minimum absolute atomic E-state index is 0.505. The van der Waals surface area contributed by atoms with Crippen LogP contribution in [0.25, 0.3) is 0 Å². The lowest BCUT2D eigenvalue weighted by Gasteiger charge is -2.31. The van der Waals surface area contributed by atoms with E-state index in [-0.39, 0.29) is 0 Å². The summed E-state index contributed by atoms with van der Waals surface area (Å²) in [4.78, 5) is 0. The average Bonchev–Trinajstić information content (AvgIpc) is 3.20. The molecule has 9 nitrogen and oxygen atoms in total. The van der Waals surface area contributed by atoms with E-state index in [0.29, 0.717) is 111 Å². The molecule has 0 amide bonds. The minimum Gasteiger partial charge on any atom is -0.493 e. The van der Waals surface area contributed by atoms with Crippen LogP contribution in [0, 0.1) is 0 Å². The van der Waals surface area contributed by atoms with Crippen LogP contribution in [0.2, 0.25) is 0 Å². The highest BCUT2D eigenvalue weighted by atomic mass is 31.1. The van der Waals surface area contributed by atoms with Gasteiger partial charge in [-0.05, 0) is 57.8 Å². The molecule has 10 heteroatoms. The molecule has 0 aliphatic carbocycles. The van der Waals surface area contributed by atoms with E-state index < -0.39 is 7.92 Å². The van der Waals surface area contributed by atoms with Crippen molar-refractivity contribution in [2.24, 2.45) is 0 Å². The van der Waals surface area contributed by atoms with E-state index >= 15 is 0 Å². The van der Waals surface area contributed by atoms with Crippen molar-refractivity contribution in [3.8, 4) is 51.7 Å². The Morgan fingerprint density at radius 2 is 0.436 bits per heavy atom. The average molecular weight is 785 g/mol. The highest BCUT2D eigenvalue weighted by Gasteiger charge is 2.37. The van der Waals surface area contributed by atoms with Crippen molar-refractivity contribution in [1.82, 2.24) is 0 Å². The molecule has 0 aliphatic heterocycles. The second-order valence-corrected chi connectivity index (χ2v) is 15.3. The van der Waals surface area contributed by atoms with Crippen molar-refractivity contribution in [1.29, 1.82) is 0 Å². The van der Waals surface area contributed by atoms with Crippen LogP contribution < -0.4 is 58.5 Å². The maximum absolute atomic E-state index is 6.73. The van der Waals surface area contributed by atoms with Gasteiger partial charge in [-0.2, -0.15) is 0 Å². The fourth-order valence-electron chi connectivity index (χ4n) is 5.51. The zero-order valence-electron chi connectivity index (χ0n) is 35.3. The topological polar surface area (TPSA) is 83.1 Å². The molecule has 0 heterocycles. The molecule has 0 radical (unpaired) electrons. The Kier molecular flexibility index (Phi) is 21.8. The Bertz CT molecular complexity index is 1260. The van der Waals surface area contributed by atoms with Crippen molar-refractivity contribution in [3.63, 3.8) is 0 Å². The van der Waals surface area contributed by atoms with E-state index in [1.807, 2.05) is 36.4 Å². The van der Waals surface area contributed by atoms with E-state index in [0.717, 1.165) is 73.7 Å². The fraction of sp³-hybridized carbons (Fsp3) is 0.600. The summed E-state index contributed by atoms with van der Waals surface area (Å²) in [7, 11) is -1.66. The van der Waals surface area contributed by atoms with Crippen LogP contribution in [0.1, 0.15) is 120 Å². The van der Waals surface area contributed by atoms with Gasteiger partial charge in [0.15, 0.2) is 0 Å². The summed E-state index contributed by atoms with van der Waals surface area (Å²) in [5.74, 6) is 6.14. The first-order chi connectivity index (χ1) is 26.9. The van der Waals surface area contributed by atoms with Gasteiger partial charge < -0.3 is 42.6 Å². The third-order valence-corrected chi connectivity index (χ3v) is 10.6. The van der Waals surface area contributed by atoms with Crippen LogP contribution in [0.4, 0.5) is 0 Å². The summed E-state index contributed by atoms with van der Waals surface area (Å²) < 4.78 is 59.2. The standard InChI is InChI=1S/C45H69O9P/c1-10-19-46-34-28-37(49-22-13-4)43(38(29-34)50-23-14-5)55(44-39(51-24-15-6)30-35(47-20-11-2)31-40(44)52-25-16-7)45-41(53-26-17-8)32-36(48-21-12-3)33-42(45)54-27-18-9/h28-33H,10-27H2,1-9H3. The molecule has 0 fully saturated rings. The summed E-state index contributed by atoms with van der Waals surface area (Å²) >= 11 is 0. The highest BCUT2D eigenvalue weighted by molar-refractivity contribution is 7.81. The number of hydrogen-bond acceptors (Lipinski definition) is 9. The molecule has 3 aromatic carbocycles. The lowest BCUT2D eigenvalue weighted by atomic mass is 10.2. The van der Waals surface area contributed by atoms with E-state index in [1.165, 1.54) is 0 Å². The van der Waals surface area contributed by atoms with Gasteiger partial charge in [0.25, 0.3) is 0 Å². The van der Waals surface area contributed by atoms with Gasteiger partial charge >= 0.3 is 0 Å². The van der Waals surface area contributed by atoms with Crippen molar-refractivity contribution >= 4 is 23.8 Å². The van der Waals surface area contributed by atoms with Gasteiger partial charge in [-0.25, -0.2) is 0 Å². The Labute approximate surface area is 333 Å². The predicted molar refractivity (Wildman–Crippen MR) is 227 cm³/mol. The Balaban J connectivity index is 2.69. The van der Waals surface area contributed by atoms with Crippen molar-refractivity contribution in [2.45, 2.75) is 120 Å². The smallest absolute Gasteiger partial charge is 0.135 e. The second kappa shape index (κ2) is 26.2. The van der Waals surface area contributed by atoms with Crippen LogP contribution in [0.5, 0.6) is 51.7 Å². The first-order valence-corrected chi connectivity index (χ1v) is 22.3. The van der Waals surface area contributed by atoms with Crippen molar-refractivity contribution in [2.75, 3.05) is 59.5 Å². The molecule has 3 rings (SSSR count). The normalized spacial score (nSPS) is 11.0.